The molecule has 2 aromatic heterocycles. The van der Waals surface area contributed by atoms with Crippen molar-refractivity contribution >= 4 is 22.6 Å². The van der Waals surface area contributed by atoms with Crippen molar-refractivity contribution in [2.45, 2.75) is 32.5 Å². The Morgan fingerprint density at radius 1 is 1.21 bits per heavy atom. The van der Waals surface area contributed by atoms with Gasteiger partial charge >= 0.3 is 0 Å². The van der Waals surface area contributed by atoms with Gasteiger partial charge in [0.25, 0.3) is 5.91 Å². The highest BCUT2D eigenvalue weighted by Gasteiger charge is 2.34. The van der Waals surface area contributed by atoms with E-state index in [1.165, 1.54) is 0 Å². The molecule has 29 heavy (non-hydrogen) atoms. The number of hydrogen-bond donors (Lipinski definition) is 1. The molecule has 3 aromatic rings. The smallest absolute Gasteiger partial charge is 0.274 e. The zero-order valence-corrected chi connectivity index (χ0v) is 17.1. The van der Waals surface area contributed by atoms with Crippen LogP contribution in [0.25, 0.3) is 11.0 Å². The minimum absolute atomic E-state index is 0.0285. The molecule has 8 heteroatoms. The second-order valence-electron chi connectivity index (χ2n) is 7.98. The first-order chi connectivity index (χ1) is 14.0. The Morgan fingerprint density at radius 2 is 2.00 bits per heavy atom. The summed E-state index contributed by atoms with van der Waals surface area (Å²) in [5.41, 5.74) is 5.79. The Bertz CT molecular complexity index is 1060. The molecule has 2 aliphatic rings. The highest BCUT2D eigenvalue weighted by Crippen LogP contribution is 2.32. The molecular formula is C21H26N6O2. The minimum atomic E-state index is -0.0426. The second-order valence-corrected chi connectivity index (χ2v) is 7.98. The number of H-pyrrole nitrogens is 1. The SMILES string of the molecule is C[C@@H]1Cc2c(C(=O)N3CCN(c4cccc5[nH]cnc45)CC3)nn(C)c2[C@H](C)O1. The van der Waals surface area contributed by atoms with Gasteiger partial charge in [0, 0.05) is 45.2 Å². The van der Waals surface area contributed by atoms with Crippen LogP contribution in [0, 0.1) is 0 Å². The van der Waals surface area contributed by atoms with E-state index in [-0.39, 0.29) is 18.1 Å². The normalized spacial score (nSPS) is 22.2. The largest absolute Gasteiger partial charge is 0.369 e. The number of fused-ring (bicyclic) bond motifs is 2. The minimum Gasteiger partial charge on any atom is -0.369 e. The lowest BCUT2D eigenvalue weighted by atomic mass is 9.99. The van der Waals surface area contributed by atoms with Crippen molar-refractivity contribution in [3.05, 3.63) is 41.5 Å². The number of carbonyl (C=O) groups is 1. The highest BCUT2D eigenvalue weighted by molar-refractivity contribution is 5.94. The maximum atomic E-state index is 13.3. The molecular weight excluding hydrogens is 368 g/mol. The average Bonchev–Trinajstić information content (AvgIpc) is 3.32. The number of rotatable bonds is 2. The Labute approximate surface area is 169 Å². The molecule has 1 aromatic carbocycles. The fraction of sp³-hybridized carbons (Fsp3) is 0.476. The van der Waals surface area contributed by atoms with Crippen LogP contribution in [-0.2, 0) is 18.2 Å². The van der Waals surface area contributed by atoms with Gasteiger partial charge < -0.3 is 19.5 Å². The summed E-state index contributed by atoms with van der Waals surface area (Å²) in [5, 5.41) is 4.58. The number of ether oxygens (including phenoxy) is 1. The van der Waals surface area contributed by atoms with Gasteiger partial charge in [-0.25, -0.2) is 4.98 Å². The van der Waals surface area contributed by atoms with Gasteiger partial charge in [-0.1, -0.05) is 6.07 Å². The summed E-state index contributed by atoms with van der Waals surface area (Å²) >= 11 is 0. The fourth-order valence-electron chi connectivity index (χ4n) is 4.72. The Morgan fingerprint density at radius 3 is 2.79 bits per heavy atom. The van der Waals surface area contributed by atoms with Crippen LogP contribution in [-0.4, -0.2) is 62.8 Å². The quantitative estimate of drug-likeness (QED) is 0.721. The molecule has 4 heterocycles. The summed E-state index contributed by atoms with van der Waals surface area (Å²) in [6.07, 6.45) is 2.51. The molecule has 0 spiro atoms. The first-order valence-corrected chi connectivity index (χ1v) is 10.2. The van der Waals surface area contributed by atoms with Gasteiger partial charge in [-0.15, -0.1) is 0 Å². The molecule has 0 unspecified atom stereocenters. The second kappa shape index (κ2) is 6.88. The van der Waals surface area contributed by atoms with Crippen LogP contribution in [0.1, 0.15) is 41.7 Å². The average molecular weight is 394 g/mol. The van der Waals surface area contributed by atoms with E-state index < -0.39 is 0 Å². The van der Waals surface area contributed by atoms with Crippen molar-refractivity contribution in [1.82, 2.24) is 24.6 Å². The Balaban J connectivity index is 1.35. The van der Waals surface area contributed by atoms with Crippen molar-refractivity contribution in [1.29, 1.82) is 0 Å². The van der Waals surface area contributed by atoms with Gasteiger partial charge in [0.2, 0.25) is 0 Å². The number of hydrogen-bond acceptors (Lipinski definition) is 5. The molecule has 8 nitrogen and oxygen atoms in total. The van der Waals surface area contributed by atoms with Crippen LogP contribution < -0.4 is 4.90 Å². The number of nitrogens with one attached hydrogen (secondary N) is 1. The molecule has 1 fully saturated rings. The monoisotopic (exact) mass is 394 g/mol. The third kappa shape index (κ3) is 2.98. The summed E-state index contributed by atoms with van der Waals surface area (Å²) < 4.78 is 7.74. The van der Waals surface area contributed by atoms with Crippen LogP contribution in [0.15, 0.2) is 24.5 Å². The van der Waals surface area contributed by atoms with E-state index in [0.717, 1.165) is 47.5 Å². The predicted molar refractivity (Wildman–Crippen MR) is 110 cm³/mol. The van der Waals surface area contributed by atoms with Crippen LogP contribution in [0.5, 0.6) is 0 Å². The van der Waals surface area contributed by atoms with Gasteiger partial charge in [-0.2, -0.15) is 5.10 Å². The first kappa shape index (κ1) is 18.2. The predicted octanol–water partition coefficient (Wildman–Crippen LogP) is 2.28. The number of nitrogens with zero attached hydrogens (tertiary/aromatic N) is 5. The van der Waals surface area contributed by atoms with E-state index in [1.807, 2.05) is 35.7 Å². The highest BCUT2D eigenvalue weighted by atomic mass is 16.5. The maximum Gasteiger partial charge on any atom is 0.274 e. The number of aromatic amines is 1. The molecule has 1 N–H and O–H groups in total. The molecule has 0 saturated carbocycles. The van der Waals surface area contributed by atoms with Gasteiger partial charge in [0.05, 0.1) is 35.4 Å². The lowest BCUT2D eigenvalue weighted by Crippen LogP contribution is -2.49. The molecule has 1 saturated heterocycles. The number of amides is 1. The summed E-state index contributed by atoms with van der Waals surface area (Å²) in [5.74, 6) is 0.0285. The number of imidazole rings is 1. The molecule has 152 valence electrons. The molecule has 0 radical (unpaired) electrons. The molecule has 0 bridgehead atoms. The summed E-state index contributed by atoms with van der Waals surface area (Å²) in [6, 6.07) is 6.16. The number of anilines is 1. The first-order valence-electron chi connectivity index (χ1n) is 10.2. The number of aryl methyl sites for hydroxylation is 1. The number of piperazine rings is 1. The summed E-state index contributed by atoms with van der Waals surface area (Å²) in [7, 11) is 1.90. The zero-order valence-electron chi connectivity index (χ0n) is 17.1. The van der Waals surface area contributed by atoms with Crippen molar-refractivity contribution in [2.24, 2.45) is 7.05 Å². The number of benzene rings is 1. The van der Waals surface area contributed by atoms with Crippen LogP contribution >= 0.6 is 0 Å². The van der Waals surface area contributed by atoms with Crippen molar-refractivity contribution in [2.75, 3.05) is 31.1 Å². The lowest BCUT2D eigenvalue weighted by molar-refractivity contribution is -0.00906. The van der Waals surface area contributed by atoms with E-state index >= 15 is 0 Å². The van der Waals surface area contributed by atoms with Gasteiger partial charge in [0.15, 0.2) is 5.69 Å². The zero-order chi connectivity index (χ0) is 20.1. The van der Waals surface area contributed by atoms with E-state index in [1.54, 1.807) is 6.33 Å². The van der Waals surface area contributed by atoms with Gasteiger partial charge in [-0.05, 0) is 26.0 Å². The molecule has 5 rings (SSSR count). The molecule has 1 amide bonds. The topological polar surface area (TPSA) is 79.3 Å². The Hall–Kier alpha value is -2.87. The van der Waals surface area contributed by atoms with Gasteiger partial charge in [-0.3, -0.25) is 9.48 Å². The van der Waals surface area contributed by atoms with Gasteiger partial charge in [0.1, 0.15) is 5.52 Å². The fourth-order valence-corrected chi connectivity index (χ4v) is 4.72. The van der Waals surface area contributed by atoms with Crippen molar-refractivity contribution < 1.29 is 9.53 Å². The number of carbonyl (C=O) groups excluding carboxylic acids is 1. The molecule has 2 aliphatic heterocycles. The summed E-state index contributed by atoms with van der Waals surface area (Å²) in [4.78, 5) is 25.1. The van der Waals surface area contributed by atoms with Crippen molar-refractivity contribution in [3.8, 4) is 0 Å². The number of para-hydroxylation sites is 1. The van der Waals surface area contributed by atoms with Crippen molar-refractivity contribution in [3.63, 3.8) is 0 Å². The van der Waals surface area contributed by atoms with E-state index in [0.29, 0.717) is 18.8 Å². The number of aromatic nitrogens is 4. The Kier molecular flexibility index (Phi) is 4.31. The van der Waals surface area contributed by atoms with E-state index in [9.17, 15) is 4.79 Å². The maximum absolute atomic E-state index is 13.3. The standard InChI is InChI=1S/C21H26N6O2/c1-13-11-15-18(24-25(3)20(15)14(2)29-13)21(28)27-9-7-26(8-10-27)17-6-4-5-16-19(17)23-12-22-16/h4-6,12-14H,7-11H2,1-3H3,(H,22,23)/t13-,14+/m1/s1. The lowest BCUT2D eigenvalue weighted by Gasteiger charge is -2.36. The third-order valence-electron chi connectivity index (χ3n) is 6.05. The van der Waals surface area contributed by atoms with Crippen LogP contribution in [0.3, 0.4) is 0 Å². The van der Waals surface area contributed by atoms with Crippen LogP contribution in [0.4, 0.5) is 5.69 Å². The van der Waals surface area contributed by atoms with E-state index in [2.05, 4.69) is 33.0 Å². The molecule has 2 atom stereocenters. The third-order valence-corrected chi connectivity index (χ3v) is 6.05. The van der Waals surface area contributed by atoms with Crippen LogP contribution in [0.2, 0.25) is 0 Å². The van der Waals surface area contributed by atoms with E-state index in [4.69, 9.17) is 4.74 Å². The molecule has 0 aliphatic carbocycles. The summed E-state index contributed by atoms with van der Waals surface area (Å²) in [6.45, 7) is 6.98.